The Hall–Kier alpha value is -1.64. The largest absolute Gasteiger partial charge is 0.370 e. The molecule has 6 heteroatoms. The third kappa shape index (κ3) is 6.76. The third-order valence-electron chi connectivity index (χ3n) is 5.24. The highest BCUT2D eigenvalue weighted by Crippen LogP contribution is 2.14. The van der Waals surface area contributed by atoms with Crippen LogP contribution in [0.25, 0.3) is 0 Å². The number of anilines is 1. The van der Waals surface area contributed by atoms with Crippen molar-refractivity contribution in [1.82, 2.24) is 9.80 Å². The van der Waals surface area contributed by atoms with Crippen LogP contribution < -0.4 is 11.1 Å². The number of nitrogens with one attached hydrogen (secondary N) is 1. The fourth-order valence-electron chi connectivity index (χ4n) is 3.20. The Morgan fingerprint density at radius 3 is 2.25 bits per heavy atom. The zero-order valence-corrected chi connectivity index (χ0v) is 19.4. The highest BCUT2D eigenvalue weighted by atomic mass is 127. The average molecular weight is 493 g/mol. The number of likely N-dealkylation sites (N-methyl/N-ethyl adjacent to an activating group) is 1. The summed E-state index contributed by atoms with van der Waals surface area (Å²) in [6.45, 7) is 10.4. The predicted molar refractivity (Wildman–Crippen MR) is 129 cm³/mol. The number of halogens is 1. The lowest BCUT2D eigenvalue weighted by molar-refractivity contribution is 0.148. The first-order chi connectivity index (χ1) is 13.0. The van der Waals surface area contributed by atoms with E-state index in [9.17, 15) is 0 Å². The Morgan fingerprint density at radius 1 is 0.964 bits per heavy atom. The molecule has 3 rings (SSSR count). The number of nitrogens with two attached hydrogens (primary N) is 1. The van der Waals surface area contributed by atoms with Crippen LogP contribution in [0.2, 0.25) is 0 Å². The van der Waals surface area contributed by atoms with Gasteiger partial charge in [-0.05, 0) is 55.3 Å². The molecule has 2 aromatic carbocycles. The van der Waals surface area contributed by atoms with Gasteiger partial charge >= 0.3 is 0 Å². The molecule has 1 aliphatic rings. The fraction of sp³-hybridized carbons (Fsp3) is 0.409. The van der Waals surface area contributed by atoms with Crippen molar-refractivity contribution in [1.29, 1.82) is 0 Å². The van der Waals surface area contributed by atoms with Crippen LogP contribution in [-0.4, -0.2) is 49.0 Å². The molecule has 1 fully saturated rings. The standard InChI is InChI=1S/C22H31N5.HI/c1-17-4-9-21(14-18(17)2)25-22(23)24-15-19-5-7-20(8-6-19)16-27-12-10-26(3)11-13-27;/h4-9,14H,10-13,15-16H2,1-3H3,(H3,23,24,25);1H. The zero-order valence-electron chi connectivity index (χ0n) is 17.1. The molecule has 0 aliphatic carbocycles. The maximum atomic E-state index is 6.03. The van der Waals surface area contributed by atoms with Gasteiger partial charge in [-0.2, -0.15) is 0 Å². The molecule has 0 unspecified atom stereocenters. The number of hydrogen-bond acceptors (Lipinski definition) is 3. The molecule has 28 heavy (non-hydrogen) atoms. The lowest BCUT2D eigenvalue weighted by Gasteiger charge is -2.32. The van der Waals surface area contributed by atoms with E-state index in [4.69, 9.17) is 5.73 Å². The lowest BCUT2D eigenvalue weighted by atomic mass is 10.1. The zero-order chi connectivity index (χ0) is 19.2. The highest BCUT2D eigenvalue weighted by molar-refractivity contribution is 14.0. The molecule has 0 radical (unpaired) electrons. The molecular formula is C22H32IN5. The summed E-state index contributed by atoms with van der Waals surface area (Å²) >= 11 is 0. The van der Waals surface area contributed by atoms with Crippen molar-refractivity contribution in [3.05, 3.63) is 64.7 Å². The van der Waals surface area contributed by atoms with Gasteiger partial charge in [0, 0.05) is 38.4 Å². The van der Waals surface area contributed by atoms with E-state index in [2.05, 4.69) is 77.4 Å². The molecule has 1 heterocycles. The Balaban J connectivity index is 0.00000280. The second kappa shape index (κ2) is 10.8. The van der Waals surface area contributed by atoms with E-state index in [-0.39, 0.29) is 24.0 Å². The van der Waals surface area contributed by atoms with Gasteiger partial charge in [0.25, 0.3) is 0 Å². The van der Waals surface area contributed by atoms with Crippen LogP contribution in [0, 0.1) is 13.8 Å². The molecule has 0 aromatic heterocycles. The van der Waals surface area contributed by atoms with Gasteiger partial charge in [0.2, 0.25) is 0 Å². The molecule has 0 amide bonds. The van der Waals surface area contributed by atoms with Crippen LogP contribution in [-0.2, 0) is 13.1 Å². The summed E-state index contributed by atoms with van der Waals surface area (Å²) in [7, 11) is 2.19. The number of rotatable bonds is 5. The number of nitrogens with zero attached hydrogens (tertiary/aromatic N) is 3. The average Bonchev–Trinajstić information content (AvgIpc) is 2.66. The van der Waals surface area contributed by atoms with Gasteiger partial charge in [-0.1, -0.05) is 30.3 Å². The van der Waals surface area contributed by atoms with Crippen molar-refractivity contribution in [2.75, 3.05) is 38.5 Å². The van der Waals surface area contributed by atoms with Crippen molar-refractivity contribution in [3.63, 3.8) is 0 Å². The van der Waals surface area contributed by atoms with E-state index in [1.54, 1.807) is 0 Å². The molecule has 0 saturated carbocycles. The van der Waals surface area contributed by atoms with Crippen LogP contribution in [0.4, 0.5) is 5.69 Å². The van der Waals surface area contributed by atoms with Gasteiger partial charge in [-0.3, -0.25) is 4.90 Å². The van der Waals surface area contributed by atoms with E-state index < -0.39 is 0 Å². The van der Waals surface area contributed by atoms with Crippen molar-refractivity contribution in [3.8, 4) is 0 Å². The highest BCUT2D eigenvalue weighted by Gasteiger charge is 2.13. The second-order valence-electron chi connectivity index (χ2n) is 7.52. The molecule has 152 valence electrons. The lowest BCUT2D eigenvalue weighted by Crippen LogP contribution is -2.43. The van der Waals surface area contributed by atoms with Crippen molar-refractivity contribution >= 4 is 35.6 Å². The first kappa shape index (κ1) is 22.6. The molecule has 3 N–H and O–H groups in total. The summed E-state index contributed by atoms with van der Waals surface area (Å²) in [5.41, 5.74) is 12.0. The van der Waals surface area contributed by atoms with E-state index in [1.807, 2.05) is 6.07 Å². The number of aliphatic imine (C=N–C) groups is 1. The van der Waals surface area contributed by atoms with Gasteiger partial charge in [0.1, 0.15) is 0 Å². The monoisotopic (exact) mass is 493 g/mol. The maximum absolute atomic E-state index is 6.03. The molecular weight excluding hydrogens is 461 g/mol. The molecule has 1 aliphatic heterocycles. The molecule has 5 nitrogen and oxygen atoms in total. The normalized spacial score (nSPS) is 15.9. The summed E-state index contributed by atoms with van der Waals surface area (Å²) in [5.74, 6) is 0.444. The Kier molecular flexibility index (Phi) is 8.72. The van der Waals surface area contributed by atoms with Gasteiger partial charge < -0.3 is 16.0 Å². The Bertz CT molecular complexity index is 780. The topological polar surface area (TPSA) is 56.9 Å². The minimum atomic E-state index is 0. The second-order valence-corrected chi connectivity index (χ2v) is 7.52. The van der Waals surface area contributed by atoms with Crippen LogP contribution in [0.1, 0.15) is 22.3 Å². The number of aryl methyl sites for hydroxylation is 2. The van der Waals surface area contributed by atoms with E-state index in [0.29, 0.717) is 12.5 Å². The quantitative estimate of drug-likeness (QED) is 0.380. The molecule has 0 atom stereocenters. The van der Waals surface area contributed by atoms with E-state index in [0.717, 1.165) is 38.4 Å². The van der Waals surface area contributed by atoms with Crippen LogP contribution in [0.3, 0.4) is 0 Å². The minimum Gasteiger partial charge on any atom is -0.370 e. The number of guanidine groups is 1. The first-order valence-corrected chi connectivity index (χ1v) is 9.62. The van der Waals surface area contributed by atoms with Crippen molar-refractivity contribution in [2.45, 2.75) is 26.9 Å². The van der Waals surface area contributed by atoms with Crippen LogP contribution >= 0.6 is 24.0 Å². The number of piperazine rings is 1. The van der Waals surface area contributed by atoms with Gasteiger partial charge in [-0.25, -0.2) is 4.99 Å². The van der Waals surface area contributed by atoms with Gasteiger partial charge in [0.15, 0.2) is 5.96 Å². The number of hydrogen-bond donors (Lipinski definition) is 2. The summed E-state index contributed by atoms with van der Waals surface area (Å²) in [5, 5.41) is 3.17. The van der Waals surface area contributed by atoms with Crippen LogP contribution in [0.15, 0.2) is 47.5 Å². The Morgan fingerprint density at radius 2 is 1.61 bits per heavy atom. The SMILES string of the molecule is Cc1ccc(NC(N)=NCc2ccc(CN3CCN(C)CC3)cc2)cc1C.I. The van der Waals surface area contributed by atoms with Crippen LogP contribution in [0.5, 0.6) is 0 Å². The number of benzene rings is 2. The summed E-state index contributed by atoms with van der Waals surface area (Å²) in [6, 6.07) is 14.9. The Labute approximate surface area is 186 Å². The van der Waals surface area contributed by atoms with Crippen molar-refractivity contribution in [2.24, 2.45) is 10.7 Å². The van der Waals surface area contributed by atoms with E-state index >= 15 is 0 Å². The maximum Gasteiger partial charge on any atom is 0.193 e. The van der Waals surface area contributed by atoms with E-state index in [1.165, 1.54) is 22.3 Å². The minimum absolute atomic E-state index is 0. The third-order valence-corrected chi connectivity index (χ3v) is 5.24. The van der Waals surface area contributed by atoms with Gasteiger partial charge in [0.05, 0.1) is 6.54 Å². The summed E-state index contributed by atoms with van der Waals surface area (Å²) in [4.78, 5) is 9.36. The summed E-state index contributed by atoms with van der Waals surface area (Å²) in [6.07, 6.45) is 0. The molecule has 2 aromatic rings. The smallest absolute Gasteiger partial charge is 0.193 e. The first-order valence-electron chi connectivity index (χ1n) is 9.62. The molecule has 0 bridgehead atoms. The fourth-order valence-corrected chi connectivity index (χ4v) is 3.20. The van der Waals surface area contributed by atoms with Gasteiger partial charge in [-0.15, -0.1) is 24.0 Å². The molecule has 1 saturated heterocycles. The summed E-state index contributed by atoms with van der Waals surface area (Å²) < 4.78 is 0. The molecule has 0 spiro atoms. The predicted octanol–water partition coefficient (Wildman–Crippen LogP) is 3.60. The van der Waals surface area contributed by atoms with Crippen molar-refractivity contribution < 1.29 is 0 Å².